The Kier molecular flexibility index (Phi) is 8.37. The van der Waals surface area contributed by atoms with Crippen LogP contribution in [0.1, 0.15) is 23.0 Å². The first-order chi connectivity index (χ1) is 23.0. The van der Waals surface area contributed by atoms with E-state index in [1.165, 1.54) is 0 Å². The van der Waals surface area contributed by atoms with Crippen LogP contribution >= 0.6 is 0 Å². The van der Waals surface area contributed by atoms with Crippen molar-refractivity contribution in [3.63, 3.8) is 0 Å². The SMILES string of the molecule is CC1(C(=O)N2CCN(Cc3ccco3)CC2)C=CC=CC1NC(=O)c1ccc(Nc2nc(-c3ccccc3)c3ccccc3n2)cc1. The molecule has 0 spiro atoms. The van der Waals surface area contributed by atoms with Crippen LogP contribution in [0.25, 0.3) is 22.2 Å². The maximum atomic E-state index is 13.9. The predicted molar refractivity (Wildman–Crippen MR) is 183 cm³/mol. The summed E-state index contributed by atoms with van der Waals surface area (Å²) in [5.74, 6) is 1.14. The lowest BCUT2D eigenvalue weighted by Crippen LogP contribution is -2.57. The fourth-order valence-electron chi connectivity index (χ4n) is 6.22. The summed E-state index contributed by atoms with van der Waals surface area (Å²) in [6.45, 7) is 5.39. The Labute approximate surface area is 273 Å². The summed E-state index contributed by atoms with van der Waals surface area (Å²) in [6.07, 6.45) is 9.23. The summed E-state index contributed by atoms with van der Waals surface area (Å²) in [6, 6.07) is 28.5. The maximum Gasteiger partial charge on any atom is 0.251 e. The van der Waals surface area contributed by atoms with Gasteiger partial charge in [-0.05, 0) is 49.4 Å². The molecular weight excluding hydrogens is 588 g/mol. The van der Waals surface area contributed by atoms with Crippen molar-refractivity contribution < 1.29 is 14.0 Å². The number of fused-ring (bicyclic) bond motifs is 1. The van der Waals surface area contributed by atoms with Crippen LogP contribution in [0.2, 0.25) is 0 Å². The number of aromatic nitrogens is 2. The Morgan fingerprint density at radius 1 is 0.872 bits per heavy atom. The first-order valence-electron chi connectivity index (χ1n) is 15.9. The standard InChI is InChI=1S/C38H36N6O3/c1-38(36(46)44-23-21-43(22-24-44)26-30-12-9-25-47-30)20-8-7-15-33(38)41-35(45)28-16-18-29(19-17-28)39-37-40-32-14-6-5-13-31(32)34(42-37)27-10-3-2-4-11-27/h2-20,25,33H,21-24,26H2,1H3,(H,41,45)(H,39,40,42). The zero-order chi connectivity index (χ0) is 32.2. The molecule has 1 aliphatic heterocycles. The molecule has 3 heterocycles. The minimum atomic E-state index is -0.904. The smallest absolute Gasteiger partial charge is 0.251 e. The van der Waals surface area contributed by atoms with Gasteiger partial charge in [0, 0.05) is 48.4 Å². The number of carbonyl (C=O) groups excluding carboxylic acids is 2. The van der Waals surface area contributed by atoms with Gasteiger partial charge in [0.05, 0.1) is 35.5 Å². The molecule has 0 radical (unpaired) electrons. The first kappa shape index (κ1) is 30.1. The van der Waals surface area contributed by atoms with E-state index in [9.17, 15) is 9.59 Å². The number of nitrogens with one attached hydrogen (secondary N) is 2. The molecule has 1 aliphatic carbocycles. The van der Waals surface area contributed by atoms with Crippen LogP contribution in [0, 0.1) is 5.41 Å². The number of rotatable bonds is 8. The number of hydrogen-bond donors (Lipinski definition) is 2. The van der Waals surface area contributed by atoms with Gasteiger partial charge in [-0.25, -0.2) is 9.97 Å². The van der Waals surface area contributed by atoms with Crippen LogP contribution in [0.3, 0.4) is 0 Å². The fourth-order valence-corrected chi connectivity index (χ4v) is 6.22. The number of nitrogens with zero attached hydrogens (tertiary/aromatic N) is 4. The summed E-state index contributed by atoms with van der Waals surface area (Å²) < 4.78 is 5.49. The van der Waals surface area contributed by atoms with Crippen molar-refractivity contribution in [2.45, 2.75) is 19.5 Å². The molecule has 2 N–H and O–H groups in total. The number of hydrogen-bond acceptors (Lipinski definition) is 7. The van der Waals surface area contributed by atoms with Crippen LogP contribution in [-0.4, -0.2) is 63.8 Å². The third-order valence-corrected chi connectivity index (χ3v) is 8.92. The average Bonchev–Trinajstić information content (AvgIpc) is 3.63. The molecular formula is C38H36N6O3. The molecule has 2 aromatic heterocycles. The molecule has 9 heteroatoms. The van der Waals surface area contributed by atoms with E-state index in [4.69, 9.17) is 14.4 Å². The topological polar surface area (TPSA) is 104 Å². The molecule has 1 fully saturated rings. The minimum Gasteiger partial charge on any atom is -0.468 e. The highest BCUT2D eigenvalue weighted by atomic mass is 16.3. The van der Waals surface area contributed by atoms with Gasteiger partial charge in [-0.2, -0.15) is 0 Å². The van der Waals surface area contributed by atoms with Gasteiger partial charge in [-0.3, -0.25) is 14.5 Å². The molecule has 3 aromatic carbocycles. The molecule has 1 saturated heterocycles. The van der Waals surface area contributed by atoms with E-state index < -0.39 is 11.5 Å². The van der Waals surface area contributed by atoms with Gasteiger partial charge in [0.15, 0.2) is 0 Å². The largest absolute Gasteiger partial charge is 0.468 e. The summed E-state index contributed by atoms with van der Waals surface area (Å²) in [5, 5.41) is 7.38. The number of para-hydroxylation sites is 1. The van der Waals surface area contributed by atoms with Crippen molar-refractivity contribution in [2.75, 3.05) is 31.5 Å². The second-order valence-electron chi connectivity index (χ2n) is 12.1. The van der Waals surface area contributed by atoms with Gasteiger partial charge in [0.25, 0.3) is 5.91 Å². The lowest BCUT2D eigenvalue weighted by atomic mass is 9.77. The van der Waals surface area contributed by atoms with Gasteiger partial charge < -0.3 is 20.0 Å². The Bertz CT molecular complexity index is 1930. The van der Waals surface area contributed by atoms with Crippen LogP contribution < -0.4 is 10.6 Å². The van der Waals surface area contributed by atoms with Crippen molar-refractivity contribution >= 4 is 34.4 Å². The summed E-state index contributed by atoms with van der Waals surface area (Å²) >= 11 is 0. The molecule has 47 heavy (non-hydrogen) atoms. The van der Waals surface area contributed by atoms with E-state index >= 15 is 0 Å². The molecule has 7 rings (SSSR count). The van der Waals surface area contributed by atoms with Crippen molar-refractivity contribution in [1.82, 2.24) is 25.1 Å². The van der Waals surface area contributed by atoms with E-state index in [0.29, 0.717) is 24.6 Å². The second-order valence-corrected chi connectivity index (χ2v) is 12.1. The summed E-state index contributed by atoms with van der Waals surface area (Å²) in [5.41, 5.74) is 3.02. The van der Waals surface area contributed by atoms with Crippen molar-refractivity contribution in [3.8, 4) is 11.3 Å². The molecule has 0 bridgehead atoms. The Hall–Kier alpha value is -5.54. The number of piperazine rings is 1. The first-order valence-corrected chi connectivity index (χ1v) is 15.9. The van der Waals surface area contributed by atoms with E-state index in [-0.39, 0.29) is 11.8 Å². The van der Waals surface area contributed by atoms with E-state index in [1.807, 2.05) is 115 Å². The van der Waals surface area contributed by atoms with Crippen LogP contribution in [0.15, 0.2) is 126 Å². The highest BCUT2D eigenvalue weighted by Gasteiger charge is 2.43. The van der Waals surface area contributed by atoms with E-state index in [0.717, 1.165) is 53.2 Å². The summed E-state index contributed by atoms with van der Waals surface area (Å²) in [7, 11) is 0. The predicted octanol–water partition coefficient (Wildman–Crippen LogP) is 6.21. The molecule has 2 amide bonds. The molecule has 5 aromatic rings. The Morgan fingerprint density at radius 3 is 2.40 bits per heavy atom. The third-order valence-electron chi connectivity index (χ3n) is 8.92. The van der Waals surface area contributed by atoms with Crippen LogP contribution in [0.4, 0.5) is 11.6 Å². The van der Waals surface area contributed by atoms with Gasteiger partial charge in [0.2, 0.25) is 11.9 Å². The fraction of sp³-hybridized carbons (Fsp3) is 0.211. The Morgan fingerprint density at radius 2 is 1.64 bits per heavy atom. The highest BCUT2D eigenvalue weighted by molar-refractivity contribution is 5.96. The molecule has 2 atom stereocenters. The second kappa shape index (κ2) is 13.1. The lowest BCUT2D eigenvalue weighted by molar-refractivity contribution is -0.141. The molecule has 2 aliphatic rings. The van der Waals surface area contributed by atoms with Gasteiger partial charge in [-0.1, -0.05) is 72.8 Å². The number of anilines is 2. The summed E-state index contributed by atoms with van der Waals surface area (Å²) in [4.78, 5) is 41.1. The molecule has 236 valence electrons. The monoisotopic (exact) mass is 624 g/mol. The zero-order valence-corrected chi connectivity index (χ0v) is 26.2. The van der Waals surface area contributed by atoms with Crippen LogP contribution in [-0.2, 0) is 11.3 Å². The van der Waals surface area contributed by atoms with Crippen LogP contribution in [0.5, 0.6) is 0 Å². The third kappa shape index (κ3) is 6.43. The van der Waals surface area contributed by atoms with Crippen molar-refractivity contribution in [2.24, 2.45) is 5.41 Å². The average molecular weight is 625 g/mol. The quantitative estimate of drug-likeness (QED) is 0.212. The normalized spacial score (nSPS) is 19.5. The van der Waals surface area contributed by atoms with Crippen molar-refractivity contribution in [3.05, 3.63) is 133 Å². The van der Waals surface area contributed by atoms with E-state index in [1.54, 1.807) is 18.4 Å². The number of benzene rings is 3. The van der Waals surface area contributed by atoms with Gasteiger partial charge in [0.1, 0.15) is 5.76 Å². The molecule has 2 unspecified atom stereocenters. The number of allylic oxidation sites excluding steroid dienone is 2. The van der Waals surface area contributed by atoms with E-state index in [2.05, 4.69) is 15.5 Å². The molecule has 9 nitrogen and oxygen atoms in total. The highest BCUT2D eigenvalue weighted by Crippen LogP contribution is 2.32. The zero-order valence-electron chi connectivity index (χ0n) is 26.2. The van der Waals surface area contributed by atoms with Gasteiger partial charge in [-0.15, -0.1) is 0 Å². The van der Waals surface area contributed by atoms with Crippen molar-refractivity contribution in [1.29, 1.82) is 0 Å². The number of amides is 2. The number of carbonyl (C=O) groups is 2. The minimum absolute atomic E-state index is 0.00542. The Balaban J connectivity index is 1.01. The lowest BCUT2D eigenvalue weighted by Gasteiger charge is -2.41. The maximum absolute atomic E-state index is 13.9. The van der Waals surface area contributed by atoms with Gasteiger partial charge >= 0.3 is 0 Å². The molecule has 0 saturated carbocycles. The number of furan rings is 1.